The topological polar surface area (TPSA) is 434 Å². The largest absolute Gasteiger partial charge is 1.00 e. The van der Waals surface area contributed by atoms with E-state index < -0.39 is 42.8 Å². The second-order valence-corrected chi connectivity index (χ2v) is 42.1. The van der Waals surface area contributed by atoms with Gasteiger partial charge in [0.05, 0.1) is 125 Å². The van der Waals surface area contributed by atoms with Gasteiger partial charge in [0.2, 0.25) is 0 Å². The summed E-state index contributed by atoms with van der Waals surface area (Å²) in [5.74, 6) is -1.80. The predicted molar refractivity (Wildman–Crippen MR) is 478 cm³/mol. The van der Waals surface area contributed by atoms with Crippen LogP contribution in [0.4, 0.5) is 0 Å². The van der Waals surface area contributed by atoms with E-state index in [9.17, 15) is 57.8 Å². The summed E-state index contributed by atoms with van der Waals surface area (Å²) >= 11 is 28.9. The van der Waals surface area contributed by atoms with Gasteiger partial charge >= 0.3 is 207 Å². The Hall–Kier alpha value is -7.68. The number of pyridine rings is 8. The molecule has 8 heterocycles. The number of carboxylic acid groups (broad SMARTS) is 1. The fourth-order valence-electron chi connectivity index (χ4n) is 14.1. The van der Waals surface area contributed by atoms with Crippen molar-refractivity contribution in [1.29, 1.82) is 0 Å². The minimum atomic E-state index is -2.15. The number of rotatable bonds is 30. The van der Waals surface area contributed by atoms with Gasteiger partial charge in [-0.25, -0.2) is 26.2 Å². The Morgan fingerprint density at radius 1 is 0.381 bits per heavy atom. The van der Waals surface area contributed by atoms with E-state index in [1.54, 1.807) is 88.6 Å². The molecule has 0 aliphatic heterocycles. The summed E-state index contributed by atoms with van der Waals surface area (Å²) in [7, 11) is 0. The monoisotopic (exact) mass is 1970 g/mol. The molecular formula is C87H95Cl5N8Na3O22Sn-. The van der Waals surface area contributed by atoms with E-state index in [-0.39, 0.29) is 267 Å². The Morgan fingerprint density at radius 2 is 0.643 bits per heavy atom. The van der Waals surface area contributed by atoms with E-state index in [1.807, 2.05) is 6.29 Å². The molecule has 0 atom stereocenters. The van der Waals surface area contributed by atoms with Crippen LogP contribution < -0.4 is 129 Å². The molecule has 4 aromatic carbocycles. The number of ether oxygens (including phenoxy) is 7. The summed E-state index contributed by atoms with van der Waals surface area (Å²) in [6.07, 6.45) is 5.74. The zero-order valence-corrected chi connectivity index (χ0v) is 85.7. The number of aromatic nitrogens is 8. The van der Waals surface area contributed by atoms with Crippen LogP contribution >= 0.6 is 58.0 Å². The van der Waals surface area contributed by atoms with Gasteiger partial charge in [-0.05, 0) is 139 Å². The van der Waals surface area contributed by atoms with Gasteiger partial charge in [0.15, 0.2) is 62.1 Å². The maximum atomic E-state index is 13.0. The number of carbonyl (C=O) groups is 6. The Labute approximate surface area is 820 Å². The van der Waals surface area contributed by atoms with Crippen molar-refractivity contribution in [3.63, 3.8) is 0 Å². The third kappa shape index (κ3) is 26.3. The normalized spacial score (nSPS) is 10.6. The van der Waals surface area contributed by atoms with Gasteiger partial charge in [0, 0.05) is 20.8 Å². The van der Waals surface area contributed by atoms with Crippen molar-refractivity contribution in [2.75, 3.05) is 46.2 Å². The molecule has 126 heavy (non-hydrogen) atoms. The standard InChI is InChI=1S/C20H19ClN2O5.C18H16Cl2N2O4.C18H15ClN2O5.C18H14ClN2O4.C4H7O.3C3H7.3Na.3H2O.Sn/c1-4-27-16(25)10-23-17-12(6-8-14(21)19(17)28-5-2)18(26)13-7-9-15(11(3)24)22-20(13)23;1-3-25-14(23)9-22-15-10(5-7-12(19)17(15)26-4-2)16(24)11-6-8-13(20)21-18(11)22;1-3-26-17-12(19)6-4-10-15(17)21(8-14(23)24)18-11(16(10)25)5-7-13(20-18)9(2)22;1-3-25-17-13(19)6-4-11-15(17)21(8-9-22)18-12(16(11)24)5-7-14(20-18)10(2)23;1-3-5-4-2;3*1-3-2;;;;;;;/h6-9H,4-5,10H2,1-3H3;5-8H,3-4,9H2,1-2H3;4-7H,3,8H2,1-2H3,(H,23,24);4-7H,3,8H2,1-2H3;1,4H2,2H3;3*1,3H2,2H3;;;;3*1H2;/q;;;-1;;;;;3*+1;;;;/p-3. The number of esters is 2. The van der Waals surface area contributed by atoms with Crippen molar-refractivity contribution in [3.8, 4) is 23.0 Å². The number of nitrogens with zero attached hydrogens (tertiary/aromatic N) is 8. The molecule has 4 N–H and O–H groups in total. The molecule has 0 amide bonds. The molecule has 0 aliphatic carbocycles. The first kappa shape index (κ1) is 114. The first-order valence-corrected chi connectivity index (χ1v) is 48.3. The molecule has 0 fully saturated rings. The number of benzene rings is 4. The third-order valence-electron chi connectivity index (χ3n) is 18.9. The van der Waals surface area contributed by atoms with Crippen molar-refractivity contribution in [2.45, 2.75) is 149 Å². The van der Waals surface area contributed by atoms with Gasteiger partial charge in [-0.3, -0.25) is 47.9 Å². The van der Waals surface area contributed by atoms with Gasteiger partial charge in [-0.15, -0.1) is 0 Å². The van der Waals surface area contributed by atoms with Gasteiger partial charge < -0.3 is 73.0 Å². The van der Waals surface area contributed by atoms with Gasteiger partial charge in [0.25, 0.3) is 0 Å². The van der Waals surface area contributed by atoms with Gasteiger partial charge in [-0.2, -0.15) is 0 Å². The van der Waals surface area contributed by atoms with Crippen LogP contribution in [0.3, 0.4) is 0 Å². The molecule has 0 saturated carbocycles. The Balaban J connectivity index is 0.000000533. The molecule has 0 unspecified atom stereocenters. The molecule has 39 heteroatoms. The van der Waals surface area contributed by atoms with Crippen molar-refractivity contribution >= 4 is 206 Å². The molecule has 12 rings (SSSR count). The van der Waals surface area contributed by atoms with Crippen LogP contribution in [-0.2, 0) is 59.6 Å². The van der Waals surface area contributed by atoms with Crippen LogP contribution in [0.2, 0.25) is 38.6 Å². The van der Waals surface area contributed by atoms with Crippen LogP contribution in [0.1, 0.15) is 141 Å². The molecule has 30 nitrogen and oxygen atoms in total. The number of hydrogen-bond donors (Lipinski definition) is 1. The number of Topliss-reactive ketones (excluding diaryl/α,β-unsaturated/α-hetero) is 3. The summed E-state index contributed by atoms with van der Waals surface area (Å²) in [4.78, 5) is 151. The molecule has 12 aromatic rings. The van der Waals surface area contributed by atoms with Gasteiger partial charge in [0.1, 0.15) is 64.5 Å². The zero-order chi connectivity index (χ0) is 88.1. The maximum Gasteiger partial charge on any atom is 1.00 e. The van der Waals surface area contributed by atoms with E-state index in [2.05, 4.69) is 54.2 Å². The first-order chi connectivity index (χ1) is 57.4. The summed E-state index contributed by atoms with van der Waals surface area (Å²) < 4.78 is 49.9. The van der Waals surface area contributed by atoms with Crippen molar-refractivity contribution in [2.24, 2.45) is 0 Å². The summed E-state index contributed by atoms with van der Waals surface area (Å²) in [6.45, 7) is 29.4. The fourth-order valence-corrected chi connectivity index (χ4v) is 29.0. The average molecular weight is 1970 g/mol. The van der Waals surface area contributed by atoms with Crippen LogP contribution in [-0.4, -0.2) is 166 Å². The SMILES string of the molecule is C=[C](OCC)[Sn]([CH2]CC)([CH2]CC)[CH2]CC.CCOC(=O)Cn1c2nc(C(C)=O)ccc2c(=O)c2ccc(Cl)c(OCC)c21.CCOC(=O)Cn1c2nc(Cl)ccc2c(=O)c2ccc(Cl)c(OCC)c21.CCOc1c(Cl)ccc2c(=O)c3ccc(C(C)=O)nc3n(CC(=O)O)c12.CCOc1c(Cl)ccc2c(=O)c3ccc(C(C)=O)nc3n(C[C-]=O)c12.[Na+].[Na+].[Na+].[OH-].[OH-].[OH-]. The molecule has 0 saturated heterocycles. The maximum absolute atomic E-state index is 13.0. The Bertz CT molecular complexity index is 6240. The van der Waals surface area contributed by atoms with Crippen LogP contribution in [0.25, 0.3) is 87.7 Å². The van der Waals surface area contributed by atoms with E-state index in [0.29, 0.717) is 89.9 Å². The smallest absolute Gasteiger partial charge is 0.870 e. The number of halogens is 5. The molecule has 0 bridgehead atoms. The Morgan fingerprint density at radius 3 is 0.905 bits per heavy atom. The molecule has 0 aliphatic rings. The Kier molecular flexibility index (Phi) is 48.5. The number of carboxylic acids is 1. The van der Waals surface area contributed by atoms with Crippen molar-refractivity contribution < 1.29 is 177 Å². The van der Waals surface area contributed by atoms with E-state index in [0.717, 1.165) is 6.61 Å². The summed E-state index contributed by atoms with van der Waals surface area (Å²) in [6, 6.07) is 24.7. The fraction of sp³-hybridized carbons (Fsp3) is 0.345. The molecular weight excluding hydrogens is 1870 g/mol. The van der Waals surface area contributed by atoms with Crippen molar-refractivity contribution in [3.05, 3.63) is 191 Å². The van der Waals surface area contributed by atoms with E-state index in [1.165, 1.54) is 125 Å². The number of carbonyl (C=O) groups excluding carboxylic acids is 6. The van der Waals surface area contributed by atoms with Crippen LogP contribution in [0.5, 0.6) is 23.0 Å². The minimum absolute atomic E-state index is 0. The first-order valence-electron chi connectivity index (χ1n) is 38.9. The molecule has 0 radical (unpaired) electrons. The number of aliphatic carboxylic acids is 1. The number of fused-ring (bicyclic) bond motifs is 8. The third-order valence-corrected chi connectivity index (χ3v) is 36.6. The average Bonchev–Trinajstić information content (AvgIpc) is 0.789. The summed E-state index contributed by atoms with van der Waals surface area (Å²) in [5.41, 5.74) is 1.51. The van der Waals surface area contributed by atoms with Crippen molar-refractivity contribution in [1.82, 2.24) is 38.2 Å². The summed E-state index contributed by atoms with van der Waals surface area (Å²) in [5, 5.41) is 13.2. The van der Waals surface area contributed by atoms with E-state index in [4.69, 9.17) is 91.2 Å². The second-order valence-electron chi connectivity index (χ2n) is 26.9. The molecule has 8 aromatic heterocycles. The molecule has 658 valence electrons. The zero-order valence-electron chi connectivity index (χ0n) is 73.1. The van der Waals surface area contributed by atoms with E-state index >= 15 is 0 Å². The minimum Gasteiger partial charge on any atom is -0.870 e. The number of ketones is 3. The second kappa shape index (κ2) is 53.5. The van der Waals surface area contributed by atoms with Crippen LogP contribution in [0, 0.1) is 0 Å². The molecule has 0 spiro atoms. The number of hydrogen-bond acceptors (Lipinski definition) is 25. The predicted octanol–water partition coefficient (Wildman–Crippen LogP) is 8.23. The van der Waals surface area contributed by atoms with Crippen LogP contribution in [0.15, 0.2) is 127 Å². The quantitative estimate of drug-likeness (QED) is 0.00842. The van der Waals surface area contributed by atoms with Gasteiger partial charge in [-0.1, -0.05) is 64.5 Å².